The van der Waals surface area contributed by atoms with Gasteiger partial charge in [-0.05, 0) is 37.0 Å². The summed E-state index contributed by atoms with van der Waals surface area (Å²) in [6.45, 7) is 0.861. The molecule has 0 bridgehead atoms. The zero-order valence-corrected chi connectivity index (χ0v) is 11.5. The molecule has 1 aromatic carbocycles. The molecule has 1 saturated carbocycles. The quantitative estimate of drug-likeness (QED) is 0.340. The molecule has 5 nitrogen and oxygen atoms in total. The van der Waals surface area contributed by atoms with Crippen molar-refractivity contribution in [2.75, 3.05) is 18.5 Å². The van der Waals surface area contributed by atoms with Crippen LogP contribution in [0.25, 0.3) is 0 Å². The van der Waals surface area contributed by atoms with Gasteiger partial charge in [-0.15, -0.1) is 0 Å². The fourth-order valence-electron chi connectivity index (χ4n) is 2.37. The largest absolute Gasteiger partial charge is 0.409 e. The van der Waals surface area contributed by atoms with Crippen LogP contribution in [0.3, 0.4) is 0 Å². The Hall–Kier alpha value is -1.46. The Morgan fingerprint density at radius 2 is 2.21 bits per heavy atom. The third-order valence-electron chi connectivity index (χ3n) is 3.51. The van der Waals surface area contributed by atoms with E-state index in [2.05, 4.69) is 10.1 Å². The van der Waals surface area contributed by atoms with Gasteiger partial charge in [0.25, 0.3) is 0 Å². The topological polar surface area (TPSA) is 82.1 Å². The van der Waals surface area contributed by atoms with Crippen LogP contribution in [-0.2, 0) is 0 Å². The summed E-state index contributed by atoms with van der Waals surface area (Å²) < 4.78 is 0. The van der Waals surface area contributed by atoms with E-state index in [0.717, 1.165) is 25.1 Å². The summed E-state index contributed by atoms with van der Waals surface area (Å²) in [6, 6.07) is 5.30. The molecule has 0 atom stereocenters. The molecule has 4 N–H and O–H groups in total. The average Bonchev–Trinajstić information content (AvgIpc) is 2.35. The van der Waals surface area contributed by atoms with Gasteiger partial charge in [-0.2, -0.15) is 0 Å². The van der Waals surface area contributed by atoms with Crippen LogP contribution >= 0.6 is 11.6 Å². The van der Waals surface area contributed by atoms with Crippen molar-refractivity contribution in [1.29, 1.82) is 0 Å². The van der Waals surface area contributed by atoms with Crippen molar-refractivity contribution in [1.82, 2.24) is 0 Å². The van der Waals surface area contributed by atoms with Crippen LogP contribution in [-0.4, -0.2) is 35.8 Å². The zero-order valence-electron chi connectivity index (χ0n) is 10.8. The Morgan fingerprint density at radius 1 is 1.53 bits per heavy atom. The van der Waals surface area contributed by atoms with E-state index in [9.17, 15) is 5.11 Å². The Kier molecular flexibility index (Phi) is 4.17. The highest BCUT2D eigenvalue weighted by atomic mass is 35.5. The van der Waals surface area contributed by atoms with Crippen molar-refractivity contribution in [2.45, 2.75) is 18.9 Å². The number of nitrogens with zero attached hydrogens (tertiary/aromatic N) is 2. The van der Waals surface area contributed by atoms with Gasteiger partial charge >= 0.3 is 0 Å². The Labute approximate surface area is 117 Å². The minimum absolute atomic E-state index is 0.0400. The molecule has 1 aromatic rings. The van der Waals surface area contributed by atoms with Gasteiger partial charge in [0.2, 0.25) is 0 Å². The first kappa shape index (κ1) is 14.0. The van der Waals surface area contributed by atoms with Gasteiger partial charge < -0.3 is 20.9 Å². The summed E-state index contributed by atoms with van der Waals surface area (Å²) in [7, 11) is 1.97. The second-order valence-electron chi connectivity index (χ2n) is 5.02. The SMILES string of the molecule is CN(CC1CC(O)C1)c1ccc(C(N)=NO)cc1Cl. The van der Waals surface area contributed by atoms with Crippen molar-refractivity contribution < 1.29 is 10.3 Å². The van der Waals surface area contributed by atoms with Gasteiger partial charge in [0.1, 0.15) is 0 Å². The van der Waals surface area contributed by atoms with Gasteiger partial charge in [-0.25, -0.2) is 0 Å². The lowest BCUT2D eigenvalue weighted by Gasteiger charge is -2.35. The summed E-state index contributed by atoms with van der Waals surface area (Å²) in [4.78, 5) is 2.06. The van der Waals surface area contributed by atoms with Gasteiger partial charge in [0.15, 0.2) is 5.84 Å². The molecular formula is C13H18ClN3O2. The number of aliphatic hydroxyl groups excluding tert-OH is 1. The van der Waals surface area contributed by atoms with Crippen molar-refractivity contribution in [3.63, 3.8) is 0 Å². The molecule has 2 rings (SSSR count). The molecule has 0 radical (unpaired) electrons. The molecule has 0 saturated heterocycles. The van der Waals surface area contributed by atoms with E-state index in [1.807, 2.05) is 13.1 Å². The predicted octanol–water partition coefficient (Wildman–Crippen LogP) is 1.64. The minimum Gasteiger partial charge on any atom is -0.409 e. The van der Waals surface area contributed by atoms with Crippen molar-refractivity contribution in [3.05, 3.63) is 28.8 Å². The number of rotatable bonds is 4. The highest BCUT2D eigenvalue weighted by Gasteiger charge is 2.28. The van der Waals surface area contributed by atoms with E-state index < -0.39 is 0 Å². The van der Waals surface area contributed by atoms with E-state index in [-0.39, 0.29) is 11.9 Å². The molecular weight excluding hydrogens is 266 g/mol. The summed E-state index contributed by atoms with van der Waals surface area (Å²) in [6.07, 6.45) is 1.56. The molecule has 0 heterocycles. The number of aliphatic hydroxyl groups is 1. The summed E-state index contributed by atoms with van der Waals surface area (Å²) >= 11 is 6.22. The number of hydrogen-bond acceptors (Lipinski definition) is 4. The molecule has 1 fully saturated rings. The monoisotopic (exact) mass is 283 g/mol. The van der Waals surface area contributed by atoms with Gasteiger partial charge in [-0.3, -0.25) is 0 Å². The zero-order chi connectivity index (χ0) is 14.0. The molecule has 1 aliphatic rings. The predicted molar refractivity (Wildman–Crippen MR) is 76.0 cm³/mol. The second kappa shape index (κ2) is 5.67. The third kappa shape index (κ3) is 3.11. The van der Waals surface area contributed by atoms with Gasteiger partial charge in [-0.1, -0.05) is 16.8 Å². The third-order valence-corrected chi connectivity index (χ3v) is 3.81. The van der Waals surface area contributed by atoms with E-state index in [0.29, 0.717) is 16.5 Å². The molecule has 0 aromatic heterocycles. The first-order valence-electron chi connectivity index (χ1n) is 6.18. The number of nitrogens with two attached hydrogens (primary N) is 1. The maximum atomic E-state index is 9.29. The lowest BCUT2D eigenvalue weighted by Crippen LogP contribution is -2.37. The lowest BCUT2D eigenvalue weighted by atomic mass is 9.82. The van der Waals surface area contributed by atoms with E-state index in [4.69, 9.17) is 22.5 Å². The highest BCUT2D eigenvalue weighted by molar-refractivity contribution is 6.33. The minimum atomic E-state index is -0.142. The van der Waals surface area contributed by atoms with E-state index in [1.165, 1.54) is 0 Å². The molecule has 104 valence electrons. The summed E-state index contributed by atoms with van der Waals surface area (Å²) in [5.41, 5.74) is 7.00. The van der Waals surface area contributed by atoms with Crippen LogP contribution in [0.2, 0.25) is 5.02 Å². The van der Waals surface area contributed by atoms with Crippen molar-refractivity contribution in [3.8, 4) is 0 Å². The second-order valence-corrected chi connectivity index (χ2v) is 5.43. The number of amidine groups is 1. The standard InChI is InChI=1S/C13H18ClN3O2/c1-17(7-8-4-10(18)5-8)12-3-2-9(6-11(12)14)13(15)16-19/h2-3,6,8,10,18-19H,4-5,7H2,1H3,(H2,15,16). The molecule has 6 heteroatoms. The van der Waals surface area contributed by atoms with Crippen LogP contribution in [0.1, 0.15) is 18.4 Å². The fraction of sp³-hybridized carbons (Fsp3) is 0.462. The van der Waals surface area contributed by atoms with Crippen LogP contribution in [0.15, 0.2) is 23.4 Å². The molecule has 0 aliphatic heterocycles. The Balaban J connectivity index is 2.07. The number of benzene rings is 1. The van der Waals surface area contributed by atoms with E-state index >= 15 is 0 Å². The highest BCUT2D eigenvalue weighted by Crippen LogP contribution is 2.31. The molecule has 0 amide bonds. The molecule has 19 heavy (non-hydrogen) atoms. The Bertz CT molecular complexity index is 487. The smallest absolute Gasteiger partial charge is 0.170 e. The summed E-state index contributed by atoms with van der Waals surface area (Å²) in [5, 5.41) is 21.4. The lowest BCUT2D eigenvalue weighted by molar-refractivity contribution is 0.0465. The first-order valence-corrected chi connectivity index (χ1v) is 6.55. The van der Waals surface area contributed by atoms with Crippen molar-refractivity contribution >= 4 is 23.1 Å². The number of oxime groups is 1. The summed E-state index contributed by atoms with van der Waals surface area (Å²) in [5.74, 6) is 0.554. The van der Waals surface area contributed by atoms with E-state index in [1.54, 1.807) is 12.1 Å². The first-order chi connectivity index (χ1) is 9.01. The van der Waals surface area contributed by atoms with Gasteiger partial charge in [0, 0.05) is 19.2 Å². The normalized spacial score (nSPS) is 23.0. The van der Waals surface area contributed by atoms with Crippen LogP contribution in [0.5, 0.6) is 0 Å². The maximum absolute atomic E-state index is 9.29. The van der Waals surface area contributed by atoms with Gasteiger partial charge in [0.05, 0.1) is 16.8 Å². The molecule has 0 spiro atoms. The number of hydrogen-bond donors (Lipinski definition) is 3. The number of anilines is 1. The number of halogens is 1. The van der Waals surface area contributed by atoms with Crippen molar-refractivity contribution in [2.24, 2.45) is 16.8 Å². The van der Waals surface area contributed by atoms with Crippen LogP contribution in [0.4, 0.5) is 5.69 Å². The average molecular weight is 284 g/mol. The van der Waals surface area contributed by atoms with Crippen LogP contribution < -0.4 is 10.6 Å². The molecule has 0 unspecified atom stereocenters. The van der Waals surface area contributed by atoms with Crippen LogP contribution in [0, 0.1) is 5.92 Å². The fourth-order valence-corrected chi connectivity index (χ4v) is 2.69. The Morgan fingerprint density at radius 3 is 2.74 bits per heavy atom. The molecule has 1 aliphatic carbocycles. The maximum Gasteiger partial charge on any atom is 0.170 e.